The van der Waals surface area contributed by atoms with Gasteiger partial charge in [-0.1, -0.05) is 59.6 Å². The first-order valence-corrected chi connectivity index (χ1v) is 11.5. The topological polar surface area (TPSA) is 49.4 Å². The van der Waals surface area contributed by atoms with Gasteiger partial charge in [-0.05, 0) is 43.5 Å². The SMILES string of the molecule is CCNC(=O)C(C)N(CCc1ccccc1)C(=O)CSCc1c(Cl)cccc1Cl. The Hall–Kier alpha value is -1.69. The van der Waals surface area contributed by atoms with Crippen LogP contribution in [0, 0.1) is 0 Å². The second kappa shape index (κ2) is 12.1. The van der Waals surface area contributed by atoms with Gasteiger partial charge < -0.3 is 10.2 Å². The Morgan fingerprint density at radius 3 is 2.34 bits per heavy atom. The van der Waals surface area contributed by atoms with E-state index in [-0.39, 0.29) is 17.6 Å². The van der Waals surface area contributed by atoms with Gasteiger partial charge in [0.05, 0.1) is 5.75 Å². The highest BCUT2D eigenvalue weighted by molar-refractivity contribution is 7.99. The Kier molecular flexibility index (Phi) is 9.85. The minimum atomic E-state index is -0.532. The quantitative estimate of drug-likeness (QED) is 0.561. The zero-order chi connectivity index (χ0) is 21.2. The monoisotopic (exact) mass is 452 g/mol. The van der Waals surface area contributed by atoms with Crippen LogP contribution >= 0.6 is 35.0 Å². The van der Waals surface area contributed by atoms with Crippen molar-refractivity contribution in [2.24, 2.45) is 0 Å². The lowest BCUT2D eigenvalue weighted by atomic mass is 10.1. The minimum Gasteiger partial charge on any atom is -0.355 e. The minimum absolute atomic E-state index is 0.0761. The summed E-state index contributed by atoms with van der Waals surface area (Å²) < 4.78 is 0. The van der Waals surface area contributed by atoms with E-state index in [2.05, 4.69) is 5.32 Å². The zero-order valence-electron chi connectivity index (χ0n) is 16.7. The molecule has 7 heteroatoms. The first kappa shape index (κ1) is 23.6. The van der Waals surface area contributed by atoms with Gasteiger partial charge in [-0.2, -0.15) is 0 Å². The number of amides is 2. The summed E-state index contributed by atoms with van der Waals surface area (Å²) in [5.74, 6) is 0.563. The molecule has 2 rings (SSSR count). The maximum absolute atomic E-state index is 12.9. The molecule has 0 saturated heterocycles. The summed E-state index contributed by atoms with van der Waals surface area (Å²) in [7, 11) is 0. The van der Waals surface area contributed by atoms with Gasteiger partial charge in [-0.15, -0.1) is 11.8 Å². The number of hydrogen-bond acceptors (Lipinski definition) is 3. The Morgan fingerprint density at radius 2 is 1.72 bits per heavy atom. The number of carbonyl (C=O) groups excluding carboxylic acids is 2. The Bertz CT molecular complexity index is 797. The molecule has 156 valence electrons. The number of halogens is 2. The van der Waals surface area contributed by atoms with E-state index in [0.29, 0.717) is 35.3 Å². The molecular weight excluding hydrogens is 427 g/mol. The third-order valence-electron chi connectivity index (χ3n) is 4.54. The second-order valence-electron chi connectivity index (χ2n) is 6.59. The number of thioether (sulfide) groups is 1. The summed E-state index contributed by atoms with van der Waals surface area (Å²) >= 11 is 13.9. The Morgan fingerprint density at radius 1 is 1.07 bits per heavy atom. The summed E-state index contributed by atoms with van der Waals surface area (Å²) in [6.45, 7) is 4.64. The fourth-order valence-corrected chi connectivity index (χ4v) is 4.53. The number of carbonyl (C=O) groups is 2. The number of nitrogens with one attached hydrogen (secondary N) is 1. The smallest absolute Gasteiger partial charge is 0.242 e. The molecule has 1 N–H and O–H groups in total. The van der Waals surface area contributed by atoms with Crippen molar-refractivity contribution in [3.63, 3.8) is 0 Å². The molecule has 0 aliphatic rings. The van der Waals surface area contributed by atoms with E-state index in [1.54, 1.807) is 30.0 Å². The summed E-state index contributed by atoms with van der Waals surface area (Å²) in [4.78, 5) is 26.9. The molecule has 0 aliphatic carbocycles. The van der Waals surface area contributed by atoms with Crippen LogP contribution in [0.5, 0.6) is 0 Å². The van der Waals surface area contributed by atoms with Crippen molar-refractivity contribution in [1.82, 2.24) is 10.2 Å². The zero-order valence-corrected chi connectivity index (χ0v) is 19.0. The van der Waals surface area contributed by atoms with Crippen molar-refractivity contribution < 1.29 is 9.59 Å². The molecule has 0 heterocycles. The molecule has 2 amide bonds. The lowest BCUT2D eigenvalue weighted by Gasteiger charge is -2.28. The number of benzene rings is 2. The Labute approximate surface area is 187 Å². The normalized spacial score (nSPS) is 11.7. The predicted octanol–water partition coefficient (Wildman–Crippen LogP) is 4.82. The highest BCUT2D eigenvalue weighted by Crippen LogP contribution is 2.28. The van der Waals surface area contributed by atoms with E-state index >= 15 is 0 Å². The van der Waals surface area contributed by atoms with Crippen molar-refractivity contribution in [3.8, 4) is 0 Å². The highest BCUT2D eigenvalue weighted by atomic mass is 35.5. The fourth-order valence-electron chi connectivity index (χ4n) is 2.89. The number of nitrogens with zero attached hydrogens (tertiary/aromatic N) is 1. The van der Waals surface area contributed by atoms with Crippen LogP contribution in [0.2, 0.25) is 10.0 Å². The summed E-state index contributed by atoms with van der Waals surface area (Å²) in [6.07, 6.45) is 0.692. The molecule has 1 atom stereocenters. The molecule has 0 aliphatic heterocycles. The molecule has 0 radical (unpaired) electrons. The molecule has 0 aromatic heterocycles. The van der Waals surface area contributed by atoms with E-state index < -0.39 is 6.04 Å². The summed E-state index contributed by atoms with van der Waals surface area (Å²) in [5, 5.41) is 3.98. The standard InChI is InChI=1S/C22H26Cl2N2O2S/c1-3-25-22(28)16(2)26(13-12-17-8-5-4-6-9-17)21(27)15-29-14-18-19(23)10-7-11-20(18)24/h4-11,16H,3,12-15H2,1-2H3,(H,25,28). The van der Waals surface area contributed by atoms with Crippen LogP contribution in [0.1, 0.15) is 25.0 Å². The van der Waals surface area contributed by atoms with E-state index in [4.69, 9.17) is 23.2 Å². The molecule has 29 heavy (non-hydrogen) atoms. The third-order valence-corrected chi connectivity index (χ3v) is 6.19. The van der Waals surface area contributed by atoms with Crippen molar-refractivity contribution in [1.29, 1.82) is 0 Å². The van der Waals surface area contributed by atoms with Crippen molar-refractivity contribution >= 4 is 46.8 Å². The number of likely N-dealkylation sites (N-methyl/N-ethyl adjacent to an activating group) is 1. The maximum Gasteiger partial charge on any atom is 0.242 e. The largest absolute Gasteiger partial charge is 0.355 e. The van der Waals surface area contributed by atoms with Crippen LogP contribution in [0.3, 0.4) is 0 Å². The van der Waals surface area contributed by atoms with Gasteiger partial charge in [-0.25, -0.2) is 0 Å². The highest BCUT2D eigenvalue weighted by Gasteiger charge is 2.25. The van der Waals surface area contributed by atoms with Crippen LogP contribution in [0.25, 0.3) is 0 Å². The van der Waals surface area contributed by atoms with Crippen LogP contribution in [-0.4, -0.2) is 41.6 Å². The average molecular weight is 453 g/mol. The van der Waals surface area contributed by atoms with Crippen LogP contribution in [0.15, 0.2) is 48.5 Å². The van der Waals surface area contributed by atoms with Gasteiger partial charge in [0.2, 0.25) is 11.8 Å². The first-order chi connectivity index (χ1) is 13.9. The lowest BCUT2D eigenvalue weighted by Crippen LogP contribution is -2.49. The van der Waals surface area contributed by atoms with E-state index in [1.165, 1.54) is 11.8 Å². The van der Waals surface area contributed by atoms with Gasteiger partial charge in [0.15, 0.2) is 0 Å². The van der Waals surface area contributed by atoms with Gasteiger partial charge in [0, 0.05) is 28.9 Å². The average Bonchev–Trinajstić information content (AvgIpc) is 2.71. The molecule has 0 spiro atoms. The number of hydrogen-bond donors (Lipinski definition) is 1. The van der Waals surface area contributed by atoms with Gasteiger partial charge in [0.1, 0.15) is 6.04 Å². The maximum atomic E-state index is 12.9. The van der Waals surface area contributed by atoms with Crippen molar-refractivity contribution in [3.05, 3.63) is 69.7 Å². The van der Waals surface area contributed by atoms with Crippen molar-refractivity contribution in [2.75, 3.05) is 18.8 Å². The fraction of sp³-hybridized carbons (Fsp3) is 0.364. The molecule has 0 fully saturated rings. The molecular formula is C22H26Cl2N2O2S. The molecule has 1 unspecified atom stereocenters. The molecule has 2 aromatic carbocycles. The number of rotatable bonds is 10. The van der Waals surface area contributed by atoms with E-state index in [9.17, 15) is 9.59 Å². The molecule has 4 nitrogen and oxygen atoms in total. The molecule has 2 aromatic rings. The molecule has 0 bridgehead atoms. The van der Waals surface area contributed by atoms with Gasteiger partial charge in [0.25, 0.3) is 0 Å². The van der Waals surface area contributed by atoms with Gasteiger partial charge >= 0.3 is 0 Å². The third kappa shape index (κ3) is 7.25. The lowest BCUT2D eigenvalue weighted by molar-refractivity contribution is -0.137. The Balaban J connectivity index is 2.01. The first-order valence-electron chi connectivity index (χ1n) is 9.55. The summed E-state index contributed by atoms with van der Waals surface area (Å²) in [6, 6.07) is 14.8. The van der Waals surface area contributed by atoms with E-state index in [1.807, 2.05) is 37.3 Å². The predicted molar refractivity (Wildman–Crippen MR) is 123 cm³/mol. The van der Waals surface area contributed by atoms with Crippen molar-refractivity contribution in [2.45, 2.75) is 32.1 Å². The van der Waals surface area contributed by atoms with Crippen LogP contribution in [-0.2, 0) is 21.8 Å². The van der Waals surface area contributed by atoms with Crippen LogP contribution in [0.4, 0.5) is 0 Å². The van der Waals surface area contributed by atoms with Crippen LogP contribution < -0.4 is 5.32 Å². The summed E-state index contributed by atoms with van der Waals surface area (Å²) in [5.41, 5.74) is 1.95. The molecule has 0 saturated carbocycles. The van der Waals surface area contributed by atoms with Gasteiger partial charge in [-0.3, -0.25) is 9.59 Å². The van der Waals surface area contributed by atoms with E-state index in [0.717, 1.165) is 11.1 Å². The second-order valence-corrected chi connectivity index (χ2v) is 8.39.